The van der Waals surface area contributed by atoms with Gasteiger partial charge in [-0.2, -0.15) is 4.57 Å². The van der Waals surface area contributed by atoms with E-state index in [1.54, 1.807) is 11.3 Å². The molecule has 0 radical (unpaired) electrons. The zero-order valence-electron chi connectivity index (χ0n) is 17.7. The third kappa shape index (κ3) is 5.68. The van der Waals surface area contributed by atoms with Crippen LogP contribution in [0.25, 0.3) is 22.4 Å². The van der Waals surface area contributed by atoms with E-state index in [1.807, 2.05) is 6.92 Å². The molecule has 0 bridgehead atoms. The van der Waals surface area contributed by atoms with Crippen LogP contribution in [0.2, 0.25) is 0 Å². The molecule has 0 spiro atoms. The monoisotopic (exact) mass is 444 g/mol. The number of hydrogen-bond donors (Lipinski definition) is 0. The van der Waals surface area contributed by atoms with Gasteiger partial charge in [-0.05, 0) is 56.2 Å². The largest absolute Gasteiger partial charge is 0.748 e. The zero-order chi connectivity index (χ0) is 21.7. The number of thiazole rings is 1. The third-order valence-electron chi connectivity index (χ3n) is 5.10. The van der Waals surface area contributed by atoms with Crippen LogP contribution in [0.3, 0.4) is 0 Å². The van der Waals surface area contributed by atoms with Crippen LogP contribution in [-0.4, -0.2) is 31.8 Å². The van der Waals surface area contributed by atoms with Gasteiger partial charge in [-0.15, -0.1) is 0 Å². The smallest absolute Gasteiger partial charge is 0.262 e. The molecule has 0 saturated heterocycles. The summed E-state index contributed by atoms with van der Waals surface area (Å²) in [6.07, 6.45) is 4.44. The maximum absolute atomic E-state index is 11.0. The minimum atomic E-state index is -4.20. The highest BCUT2D eigenvalue weighted by atomic mass is 32.2. The van der Waals surface area contributed by atoms with E-state index in [0.717, 1.165) is 39.4 Å². The lowest BCUT2D eigenvalue weighted by atomic mass is 10.2. The lowest BCUT2D eigenvalue weighted by Gasteiger charge is -2.20. The molecule has 0 N–H and O–H groups in total. The van der Waals surface area contributed by atoms with Crippen LogP contribution in [-0.2, 0) is 16.7 Å². The Hall–Kier alpha value is -2.22. The number of rotatable bonds is 9. The van der Waals surface area contributed by atoms with Gasteiger partial charge in [-0.1, -0.05) is 29.5 Å². The number of nitrogens with zero attached hydrogens (tertiary/aromatic N) is 2. The average molecular weight is 445 g/mol. The van der Waals surface area contributed by atoms with E-state index in [1.165, 1.54) is 5.69 Å². The first kappa shape index (κ1) is 22.5. The molecule has 0 saturated carbocycles. The summed E-state index contributed by atoms with van der Waals surface area (Å²) in [4.78, 5) is 2.31. The lowest BCUT2D eigenvalue weighted by molar-refractivity contribution is -0.668. The van der Waals surface area contributed by atoms with Crippen LogP contribution in [0.4, 0.5) is 5.69 Å². The molecule has 0 unspecified atom stereocenters. The molecular formula is C23H28N2O3S2. The molecule has 1 heterocycles. The van der Waals surface area contributed by atoms with Gasteiger partial charge >= 0.3 is 0 Å². The molecule has 0 aliphatic rings. The molecule has 0 fully saturated rings. The fourth-order valence-corrected chi connectivity index (χ4v) is 5.07. The summed E-state index contributed by atoms with van der Waals surface area (Å²) in [6.45, 7) is 8.79. The van der Waals surface area contributed by atoms with Gasteiger partial charge in [0.15, 0.2) is 6.54 Å². The molecule has 7 heteroatoms. The highest BCUT2D eigenvalue weighted by molar-refractivity contribution is 7.85. The summed E-state index contributed by atoms with van der Waals surface area (Å²) in [7, 11) is -4.20. The number of aromatic nitrogens is 1. The fourth-order valence-electron chi connectivity index (χ4n) is 3.52. The highest BCUT2D eigenvalue weighted by Gasteiger charge is 2.18. The Balaban J connectivity index is 1.88. The summed E-state index contributed by atoms with van der Waals surface area (Å²) in [5.74, 6) is -0.348. The van der Waals surface area contributed by atoms with Gasteiger partial charge in [0.2, 0.25) is 5.52 Å². The van der Waals surface area contributed by atoms with Crippen molar-refractivity contribution in [2.24, 2.45) is 0 Å². The normalized spacial score (nSPS) is 12.1. The Kier molecular flexibility index (Phi) is 7.28. The van der Waals surface area contributed by atoms with Gasteiger partial charge in [0.25, 0.3) is 5.01 Å². The summed E-state index contributed by atoms with van der Waals surface area (Å²) in [5.41, 5.74) is 4.53. The molecule has 0 atom stereocenters. The van der Waals surface area contributed by atoms with Gasteiger partial charge in [0.05, 0.1) is 10.1 Å². The van der Waals surface area contributed by atoms with E-state index < -0.39 is 10.1 Å². The maximum Gasteiger partial charge on any atom is 0.262 e. The molecule has 3 rings (SSSR count). The van der Waals surface area contributed by atoms with Crippen LogP contribution in [0.1, 0.15) is 36.4 Å². The number of anilines is 1. The molecule has 0 aliphatic heterocycles. The van der Waals surface area contributed by atoms with Crippen molar-refractivity contribution < 1.29 is 17.5 Å². The molecule has 0 amide bonds. The van der Waals surface area contributed by atoms with Crippen LogP contribution in [0.5, 0.6) is 0 Å². The maximum atomic E-state index is 11.0. The average Bonchev–Trinajstić information content (AvgIpc) is 3.04. The number of fused-ring (bicyclic) bond motifs is 1. The minimum Gasteiger partial charge on any atom is -0.748 e. The summed E-state index contributed by atoms with van der Waals surface area (Å²) in [6, 6.07) is 14.7. The first-order valence-corrected chi connectivity index (χ1v) is 12.6. The predicted molar refractivity (Wildman–Crippen MR) is 125 cm³/mol. The Morgan fingerprint density at radius 2 is 1.77 bits per heavy atom. The summed E-state index contributed by atoms with van der Waals surface area (Å²) in [5, 5.41) is 1.03. The van der Waals surface area contributed by atoms with Crippen LogP contribution < -0.4 is 9.47 Å². The van der Waals surface area contributed by atoms with Gasteiger partial charge in [-0.25, -0.2) is 8.42 Å². The molecule has 1 aromatic heterocycles. The zero-order valence-corrected chi connectivity index (χ0v) is 19.3. The van der Waals surface area contributed by atoms with Crippen molar-refractivity contribution in [3.05, 3.63) is 58.6 Å². The topological polar surface area (TPSA) is 64.3 Å². The molecule has 160 valence electrons. The van der Waals surface area contributed by atoms with Gasteiger partial charge in [0.1, 0.15) is 4.70 Å². The van der Waals surface area contributed by atoms with Crippen molar-refractivity contribution in [1.29, 1.82) is 0 Å². The number of benzene rings is 2. The summed E-state index contributed by atoms with van der Waals surface area (Å²) < 4.78 is 36.3. The Morgan fingerprint density at radius 3 is 2.40 bits per heavy atom. The second-order valence-electron chi connectivity index (χ2n) is 7.28. The second kappa shape index (κ2) is 9.73. The molecular weight excluding hydrogens is 416 g/mol. The van der Waals surface area contributed by atoms with Crippen LogP contribution in [0, 0.1) is 6.92 Å². The van der Waals surface area contributed by atoms with E-state index >= 15 is 0 Å². The van der Waals surface area contributed by atoms with Gasteiger partial charge < -0.3 is 9.45 Å². The van der Waals surface area contributed by atoms with Crippen LogP contribution in [0.15, 0.2) is 42.5 Å². The molecule has 2 aromatic carbocycles. The number of aryl methyl sites for hydroxylation is 2. The fraction of sp³-hybridized carbons (Fsp3) is 0.348. The van der Waals surface area contributed by atoms with E-state index in [-0.39, 0.29) is 5.75 Å². The van der Waals surface area contributed by atoms with E-state index in [2.05, 4.69) is 77.9 Å². The van der Waals surface area contributed by atoms with Crippen molar-refractivity contribution in [2.75, 3.05) is 23.7 Å². The van der Waals surface area contributed by atoms with E-state index in [0.29, 0.717) is 13.0 Å². The second-order valence-corrected chi connectivity index (χ2v) is 9.86. The van der Waals surface area contributed by atoms with Crippen molar-refractivity contribution in [3.63, 3.8) is 0 Å². The Morgan fingerprint density at radius 1 is 1.07 bits per heavy atom. The predicted octanol–water partition coefficient (Wildman–Crippen LogP) is 4.45. The quantitative estimate of drug-likeness (QED) is 0.361. The third-order valence-corrected chi connectivity index (χ3v) is 7.02. The first-order valence-electron chi connectivity index (χ1n) is 10.2. The first-order chi connectivity index (χ1) is 14.3. The molecule has 30 heavy (non-hydrogen) atoms. The van der Waals surface area contributed by atoms with E-state index in [9.17, 15) is 13.0 Å². The van der Waals surface area contributed by atoms with Crippen molar-refractivity contribution >= 4 is 49.5 Å². The summed E-state index contributed by atoms with van der Waals surface area (Å²) >= 11 is 1.67. The number of hydrogen-bond acceptors (Lipinski definition) is 5. The SMILES string of the molecule is CCN(CC)c1ccc(/C=C/c2sc3ccc(C)cc3[n+]2CCCS(=O)(=O)[O-])cc1. The Labute approximate surface area is 183 Å². The standard InChI is InChI=1S/C23H28N2O3S2/c1-4-24(5-2)20-11-8-19(9-12-20)10-14-23-25(15-6-16-30(26,27)28)21-17-18(3)7-13-22(21)29-23/h7-14,17H,4-6,15-16H2,1-3H3. The van der Waals surface area contributed by atoms with Crippen LogP contribution >= 0.6 is 11.3 Å². The van der Waals surface area contributed by atoms with Crippen molar-refractivity contribution in [3.8, 4) is 0 Å². The van der Waals surface area contributed by atoms with Crippen molar-refractivity contribution in [2.45, 2.75) is 33.7 Å². The van der Waals surface area contributed by atoms with Gasteiger partial charge in [0, 0.05) is 43.1 Å². The molecule has 0 aliphatic carbocycles. The van der Waals surface area contributed by atoms with E-state index in [4.69, 9.17) is 0 Å². The Bertz CT molecular complexity index is 1130. The molecule has 3 aromatic rings. The lowest BCUT2D eigenvalue weighted by Crippen LogP contribution is -2.36. The highest BCUT2D eigenvalue weighted by Crippen LogP contribution is 2.24. The minimum absolute atomic E-state index is 0.301. The molecule has 5 nitrogen and oxygen atoms in total. The van der Waals surface area contributed by atoms with Gasteiger partial charge in [-0.3, -0.25) is 0 Å². The van der Waals surface area contributed by atoms with Crippen molar-refractivity contribution in [1.82, 2.24) is 0 Å².